The van der Waals surface area contributed by atoms with Gasteiger partial charge in [0.05, 0.1) is 13.3 Å². The summed E-state index contributed by atoms with van der Waals surface area (Å²) in [6.45, 7) is 6.00. The molecule has 3 fully saturated rings. The lowest BCUT2D eigenvalue weighted by Crippen LogP contribution is -2.59. The van der Waals surface area contributed by atoms with Crippen LogP contribution < -0.4 is 10.1 Å². The zero-order valence-corrected chi connectivity index (χ0v) is 16.3. The summed E-state index contributed by atoms with van der Waals surface area (Å²) in [5, 5.41) is 3.83. The van der Waals surface area contributed by atoms with Gasteiger partial charge >= 0.3 is 0 Å². The molecule has 1 aromatic rings. The Morgan fingerprint density at radius 1 is 0.885 bits per heavy atom. The Kier molecular flexibility index (Phi) is 6.13. The number of ether oxygens (including phenoxy) is 1. The van der Waals surface area contributed by atoms with Crippen molar-refractivity contribution in [1.29, 1.82) is 0 Å². The first-order valence-electron chi connectivity index (χ1n) is 10.7. The van der Waals surface area contributed by atoms with Crippen molar-refractivity contribution >= 4 is 0 Å². The summed E-state index contributed by atoms with van der Waals surface area (Å²) < 4.78 is 5.68. The van der Waals surface area contributed by atoms with E-state index in [1.165, 1.54) is 76.7 Å². The zero-order valence-electron chi connectivity index (χ0n) is 16.3. The predicted octanol–water partition coefficient (Wildman–Crippen LogP) is 3.44. The number of para-hydroxylation sites is 1. The molecule has 2 aliphatic heterocycles. The van der Waals surface area contributed by atoms with E-state index in [0.29, 0.717) is 12.1 Å². The molecule has 2 atom stereocenters. The third-order valence-electron chi connectivity index (χ3n) is 6.80. The topological polar surface area (TPSA) is 27.7 Å². The van der Waals surface area contributed by atoms with E-state index < -0.39 is 0 Å². The van der Waals surface area contributed by atoms with E-state index in [1.54, 1.807) is 7.11 Å². The summed E-state index contributed by atoms with van der Waals surface area (Å²) in [5.74, 6) is 1.58. The molecule has 0 bridgehead atoms. The average Bonchev–Trinajstić information content (AvgIpc) is 2.74. The summed E-state index contributed by atoms with van der Waals surface area (Å²) >= 11 is 0. The largest absolute Gasteiger partial charge is 0.496 e. The second kappa shape index (κ2) is 8.73. The van der Waals surface area contributed by atoms with Crippen molar-refractivity contribution in [1.82, 2.24) is 15.1 Å². The van der Waals surface area contributed by atoms with Crippen LogP contribution in [0.15, 0.2) is 24.3 Å². The molecule has 3 aliphatic rings. The smallest absolute Gasteiger partial charge is 0.122 e. The molecule has 4 nitrogen and oxygen atoms in total. The molecule has 0 aromatic heterocycles. The lowest BCUT2D eigenvalue weighted by Gasteiger charge is -2.47. The minimum atomic E-state index is 0.452. The van der Waals surface area contributed by atoms with Crippen molar-refractivity contribution < 1.29 is 4.74 Å². The quantitative estimate of drug-likeness (QED) is 0.893. The number of rotatable bonds is 4. The highest BCUT2D eigenvalue weighted by Crippen LogP contribution is 2.36. The van der Waals surface area contributed by atoms with Gasteiger partial charge in [-0.2, -0.15) is 0 Å². The number of piperazine rings is 1. The van der Waals surface area contributed by atoms with E-state index in [9.17, 15) is 0 Å². The molecule has 0 radical (unpaired) electrons. The van der Waals surface area contributed by atoms with Gasteiger partial charge in [0.1, 0.15) is 5.75 Å². The van der Waals surface area contributed by atoms with Crippen LogP contribution in [0.3, 0.4) is 0 Å². The van der Waals surface area contributed by atoms with Crippen molar-refractivity contribution in [2.24, 2.45) is 0 Å². The van der Waals surface area contributed by atoms with Crippen LogP contribution in [0.5, 0.6) is 5.75 Å². The Hall–Kier alpha value is -1.10. The number of methoxy groups -OCH3 is 1. The molecule has 0 amide bonds. The Labute approximate surface area is 158 Å². The monoisotopic (exact) mass is 357 g/mol. The highest BCUT2D eigenvalue weighted by atomic mass is 16.5. The highest BCUT2D eigenvalue weighted by Gasteiger charge is 2.35. The van der Waals surface area contributed by atoms with Gasteiger partial charge in [-0.3, -0.25) is 9.80 Å². The fraction of sp³-hybridized carbons (Fsp3) is 0.727. The third-order valence-corrected chi connectivity index (χ3v) is 6.80. The van der Waals surface area contributed by atoms with E-state index in [1.807, 2.05) is 0 Å². The van der Waals surface area contributed by atoms with Gasteiger partial charge in [-0.1, -0.05) is 37.5 Å². The third kappa shape index (κ3) is 3.92. The average molecular weight is 358 g/mol. The molecular formula is C22H35N3O. The van der Waals surface area contributed by atoms with Crippen LogP contribution in [0.2, 0.25) is 0 Å². The van der Waals surface area contributed by atoms with Gasteiger partial charge in [-0.15, -0.1) is 0 Å². The van der Waals surface area contributed by atoms with Gasteiger partial charge in [-0.25, -0.2) is 0 Å². The van der Waals surface area contributed by atoms with Crippen LogP contribution in [0.4, 0.5) is 0 Å². The molecule has 144 valence electrons. The van der Waals surface area contributed by atoms with Crippen LogP contribution in [0.25, 0.3) is 0 Å². The SMILES string of the molecule is COc1ccccc1[C@@H]1CCCN[C@H]1N1CCN(C2CCCCC2)CC1. The molecule has 2 saturated heterocycles. The van der Waals surface area contributed by atoms with E-state index in [4.69, 9.17) is 4.74 Å². The number of hydrogen-bond donors (Lipinski definition) is 1. The van der Waals surface area contributed by atoms with Crippen molar-refractivity contribution in [3.63, 3.8) is 0 Å². The summed E-state index contributed by atoms with van der Waals surface area (Å²) in [6, 6.07) is 9.47. The highest BCUT2D eigenvalue weighted by molar-refractivity contribution is 5.37. The van der Waals surface area contributed by atoms with Crippen molar-refractivity contribution in [2.75, 3.05) is 39.8 Å². The summed E-state index contributed by atoms with van der Waals surface area (Å²) in [7, 11) is 1.80. The van der Waals surface area contributed by atoms with Gasteiger partial charge in [0, 0.05) is 43.7 Å². The van der Waals surface area contributed by atoms with E-state index in [0.717, 1.165) is 18.3 Å². The fourth-order valence-corrected chi connectivity index (χ4v) is 5.38. The number of nitrogens with one attached hydrogen (secondary N) is 1. The van der Waals surface area contributed by atoms with Crippen molar-refractivity contribution in [3.8, 4) is 5.75 Å². The first kappa shape index (κ1) is 18.3. The number of nitrogens with zero attached hydrogens (tertiary/aromatic N) is 2. The minimum Gasteiger partial charge on any atom is -0.496 e. The summed E-state index contributed by atoms with van der Waals surface area (Å²) in [5.41, 5.74) is 1.38. The molecule has 2 heterocycles. The first-order valence-corrected chi connectivity index (χ1v) is 10.7. The van der Waals surface area contributed by atoms with E-state index in [2.05, 4.69) is 39.4 Å². The lowest BCUT2D eigenvalue weighted by molar-refractivity contribution is 0.0309. The molecule has 1 aromatic carbocycles. The normalized spacial score (nSPS) is 29.6. The maximum Gasteiger partial charge on any atom is 0.122 e. The van der Waals surface area contributed by atoms with Crippen LogP contribution in [0.1, 0.15) is 56.4 Å². The van der Waals surface area contributed by atoms with Crippen LogP contribution >= 0.6 is 0 Å². The Morgan fingerprint density at radius 2 is 1.62 bits per heavy atom. The van der Waals surface area contributed by atoms with E-state index >= 15 is 0 Å². The molecule has 26 heavy (non-hydrogen) atoms. The predicted molar refractivity (Wildman–Crippen MR) is 107 cm³/mol. The Bertz CT molecular complexity index is 564. The standard InChI is InChI=1S/C22H35N3O/c1-26-21-12-6-5-10-19(21)20-11-7-13-23-22(20)25-16-14-24(15-17-25)18-8-3-2-4-9-18/h5-6,10,12,18,20,22-23H,2-4,7-9,11,13-17H2,1H3/t20-,22-/m0/s1. The number of piperidine rings is 1. The Balaban J connectivity index is 1.42. The maximum absolute atomic E-state index is 5.68. The van der Waals surface area contributed by atoms with Gasteiger partial charge in [0.25, 0.3) is 0 Å². The van der Waals surface area contributed by atoms with Crippen LogP contribution in [0, 0.1) is 0 Å². The molecule has 0 unspecified atom stereocenters. The second-order valence-corrected chi connectivity index (χ2v) is 8.25. The number of benzene rings is 1. The van der Waals surface area contributed by atoms with Crippen LogP contribution in [-0.2, 0) is 0 Å². The first-order chi connectivity index (χ1) is 12.9. The fourth-order valence-electron chi connectivity index (χ4n) is 5.38. The molecule has 4 rings (SSSR count). The van der Waals surface area contributed by atoms with Crippen molar-refractivity contribution in [2.45, 2.75) is 63.1 Å². The van der Waals surface area contributed by atoms with Gasteiger partial charge in [0.2, 0.25) is 0 Å². The molecule has 0 spiro atoms. The molecule has 4 heteroatoms. The van der Waals surface area contributed by atoms with Crippen molar-refractivity contribution in [3.05, 3.63) is 29.8 Å². The van der Waals surface area contributed by atoms with Gasteiger partial charge < -0.3 is 10.1 Å². The zero-order chi connectivity index (χ0) is 17.8. The van der Waals surface area contributed by atoms with Crippen LogP contribution in [-0.4, -0.2) is 61.8 Å². The minimum absolute atomic E-state index is 0.452. The lowest BCUT2D eigenvalue weighted by atomic mass is 9.86. The Morgan fingerprint density at radius 3 is 2.38 bits per heavy atom. The van der Waals surface area contributed by atoms with Gasteiger partial charge in [0.15, 0.2) is 0 Å². The summed E-state index contributed by atoms with van der Waals surface area (Å²) in [4.78, 5) is 5.48. The molecule has 1 saturated carbocycles. The molecule has 1 aliphatic carbocycles. The number of hydrogen-bond acceptors (Lipinski definition) is 4. The van der Waals surface area contributed by atoms with E-state index in [-0.39, 0.29) is 0 Å². The summed E-state index contributed by atoms with van der Waals surface area (Å²) in [6.07, 6.45) is 10.1. The molecule has 1 N–H and O–H groups in total. The maximum atomic E-state index is 5.68. The second-order valence-electron chi connectivity index (χ2n) is 8.25. The molecular weight excluding hydrogens is 322 g/mol. The van der Waals surface area contributed by atoms with Gasteiger partial charge in [-0.05, 0) is 38.3 Å².